The molecule has 0 spiro atoms. The van der Waals surface area contributed by atoms with Crippen molar-refractivity contribution >= 4 is 46.8 Å². The van der Waals surface area contributed by atoms with Crippen molar-refractivity contribution in [1.82, 2.24) is 15.2 Å². The van der Waals surface area contributed by atoms with E-state index in [0.717, 1.165) is 54.8 Å². The number of nitrogens with zero attached hydrogens (tertiary/aromatic N) is 2. The number of carbonyl (C=O) groups excluding carboxylic acids is 1. The maximum atomic E-state index is 13.5. The van der Waals surface area contributed by atoms with E-state index in [2.05, 4.69) is 20.2 Å². The number of aliphatic imine (C=N–C) groups is 1. The van der Waals surface area contributed by atoms with Gasteiger partial charge in [-0.2, -0.15) is 0 Å². The lowest BCUT2D eigenvalue weighted by atomic mass is 9.97. The zero-order valence-corrected chi connectivity index (χ0v) is 18.0. The number of hydrogen-bond donors (Lipinski definition) is 2. The number of guanidine groups is 1. The molecule has 1 fully saturated rings. The number of methoxy groups -OCH3 is 1. The van der Waals surface area contributed by atoms with Gasteiger partial charge in [-0.1, -0.05) is 0 Å². The molecule has 148 valence electrons. The van der Waals surface area contributed by atoms with Gasteiger partial charge >= 0.3 is 5.97 Å². The Morgan fingerprint density at radius 3 is 2.81 bits per heavy atom. The Bertz CT molecular complexity index is 800. The molecule has 6 nitrogen and oxygen atoms in total. The number of carbonyl (C=O) groups is 1. The van der Waals surface area contributed by atoms with Gasteiger partial charge in [0.15, 0.2) is 5.96 Å². The molecule has 0 unspecified atom stereocenters. The van der Waals surface area contributed by atoms with Crippen molar-refractivity contribution < 1.29 is 13.9 Å². The van der Waals surface area contributed by atoms with Gasteiger partial charge in [0, 0.05) is 43.8 Å². The topological polar surface area (TPSA) is 69.7 Å². The molecule has 27 heavy (non-hydrogen) atoms. The Hall–Kier alpha value is -1.84. The van der Waals surface area contributed by atoms with E-state index in [1.165, 1.54) is 13.2 Å². The van der Waals surface area contributed by atoms with E-state index in [1.807, 2.05) is 6.20 Å². The van der Waals surface area contributed by atoms with Gasteiger partial charge in [0.05, 0.1) is 13.0 Å². The highest BCUT2D eigenvalue weighted by molar-refractivity contribution is 14.0. The number of hydrogen-bond acceptors (Lipinski definition) is 3. The van der Waals surface area contributed by atoms with Gasteiger partial charge in [-0.25, -0.2) is 4.39 Å². The summed E-state index contributed by atoms with van der Waals surface area (Å²) in [7, 11) is 3.20. The van der Waals surface area contributed by atoms with Crippen LogP contribution >= 0.6 is 24.0 Å². The first-order valence-electron chi connectivity index (χ1n) is 8.91. The van der Waals surface area contributed by atoms with Gasteiger partial charge < -0.3 is 19.9 Å². The molecule has 1 saturated heterocycles. The third-order valence-corrected chi connectivity index (χ3v) is 4.95. The monoisotopic (exact) mass is 488 g/mol. The summed E-state index contributed by atoms with van der Waals surface area (Å²) in [6.07, 6.45) is 4.24. The Balaban J connectivity index is 0.00000261. The quantitative estimate of drug-likeness (QED) is 0.301. The molecule has 1 aromatic carbocycles. The number of halogens is 2. The number of benzene rings is 1. The highest BCUT2D eigenvalue weighted by Crippen LogP contribution is 2.20. The minimum Gasteiger partial charge on any atom is -0.469 e. The molecule has 1 aliphatic heterocycles. The molecule has 3 rings (SSSR count). The van der Waals surface area contributed by atoms with Crippen molar-refractivity contribution in [3.8, 4) is 0 Å². The molecule has 1 aromatic heterocycles. The fourth-order valence-electron chi connectivity index (χ4n) is 3.49. The molecule has 0 atom stereocenters. The Morgan fingerprint density at radius 2 is 2.15 bits per heavy atom. The normalized spacial score (nSPS) is 15.5. The van der Waals surface area contributed by atoms with Crippen molar-refractivity contribution in [3.05, 3.63) is 35.8 Å². The van der Waals surface area contributed by atoms with Crippen LogP contribution in [-0.4, -0.2) is 55.6 Å². The molecule has 0 amide bonds. The summed E-state index contributed by atoms with van der Waals surface area (Å²) < 4.78 is 18.3. The average molecular weight is 488 g/mol. The number of esters is 1. The van der Waals surface area contributed by atoms with Crippen molar-refractivity contribution in [1.29, 1.82) is 0 Å². The minimum atomic E-state index is -0.226. The van der Waals surface area contributed by atoms with Crippen LogP contribution in [0.25, 0.3) is 10.9 Å². The molecule has 2 N–H and O–H groups in total. The lowest BCUT2D eigenvalue weighted by molar-refractivity contribution is -0.146. The summed E-state index contributed by atoms with van der Waals surface area (Å²) in [5.74, 6) is 0.463. The van der Waals surface area contributed by atoms with Gasteiger partial charge in [-0.05, 0) is 43.0 Å². The van der Waals surface area contributed by atoms with Crippen molar-refractivity contribution in [3.63, 3.8) is 0 Å². The number of aromatic nitrogens is 1. The Morgan fingerprint density at radius 1 is 1.41 bits per heavy atom. The lowest BCUT2D eigenvalue weighted by Crippen LogP contribution is -2.47. The number of H-pyrrole nitrogens is 1. The van der Waals surface area contributed by atoms with Crippen molar-refractivity contribution in [2.45, 2.75) is 19.3 Å². The summed E-state index contributed by atoms with van der Waals surface area (Å²) in [6.45, 7) is 2.25. The van der Waals surface area contributed by atoms with E-state index in [1.54, 1.807) is 19.2 Å². The van der Waals surface area contributed by atoms with Crippen molar-refractivity contribution in [2.24, 2.45) is 10.9 Å². The van der Waals surface area contributed by atoms with Gasteiger partial charge in [-0.15, -0.1) is 24.0 Å². The van der Waals surface area contributed by atoms with Crippen LogP contribution in [0.4, 0.5) is 4.39 Å². The predicted octanol–water partition coefficient (Wildman–Crippen LogP) is 2.93. The third-order valence-electron chi connectivity index (χ3n) is 4.95. The molecule has 0 bridgehead atoms. The third kappa shape index (κ3) is 5.12. The standard InChI is InChI=1S/C19H25FN4O2.HI/c1-21-19(24-9-6-13(7-10-24)18(25)26-2)22-8-5-14-12-23-17-4-3-15(20)11-16(14)17;/h3-4,11-13,23H,5-10H2,1-2H3,(H,21,22);1H. The fraction of sp³-hybridized carbons (Fsp3) is 0.474. The SMILES string of the molecule is CN=C(NCCc1c[nH]c2ccc(F)cc12)N1CCC(C(=O)OC)CC1.I. The first-order valence-corrected chi connectivity index (χ1v) is 8.91. The second-order valence-corrected chi connectivity index (χ2v) is 6.51. The van der Waals surface area contributed by atoms with Crippen LogP contribution in [0.5, 0.6) is 0 Å². The number of likely N-dealkylation sites (tertiary alicyclic amines) is 1. The number of aromatic amines is 1. The average Bonchev–Trinajstić information content (AvgIpc) is 3.07. The molecular formula is C19H26FIN4O2. The largest absolute Gasteiger partial charge is 0.469 e. The molecule has 0 radical (unpaired) electrons. The zero-order valence-electron chi connectivity index (χ0n) is 15.6. The van der Waals surface area contributed by atoms with E-state index < -0.39 is 0 Å². The van der Waals surface area contributed by atoms with Gasteiger partial charge in [0.25, 0.3) is 0 Å². The first-order chi connectivity index (χ1) is 12.6. The highest BCUT2D eigenvalue weighted by Gasteiger charge is 2.26. The summed E-state index contributed by atoms with van der Waals surface area (Å²) in [5.41, 5.74) is 2.02. The number of fused-ring (bicyclic) bond motifs is 1. The van der Waals surface area contributed by atoms with Crippen LogP contribution in [0.1, 0.15) is 18.4 Å². The van der Waals surface area contributed by atoms with Gasteiger partial charge in [0.2, 0.25) is 0 Å². The molecule has 1 aliphatic rings. The van der Waals surface area contributed by atoms with Crippen LogP contribution in [0.3, 0.4) is 0 Å². The van der Waals surface area contributed by atoms with Crippen LogP contribution < -0.4 is 5.32 Å². The second-order valence-electron chi connectivity index (χ2n) is 6.51. The Labute approximate surface area is 175 Å². The second kappa shape index (κ2) is 9.91. The van der Waals surface area contributed by atoms with E-state index in [4.69, 9.17) is 4.74 Å². The number of rotatable bonds is 4. The number of ether oxygens (including phenoxy) is 1. The predicted molar refractivity (Wildman–Crippen MR) is 115 cm³/mol. The minimum absolute atomic E-state index is 0. The molecule has 0 aliphatic carbocycles. The highest BCUT2D eigenvalue weighted by atomic mass is 127. The first kappa shape index (κ1) is 21.5. The van der Waals surface area contributed by atoms with Gasteiger partial charge in [-0.3, -0.25) is 9.79 Å². The van der Waals surface area contributed by atoms with Gasteiger partial charge in [0.1, 0.15) is 5.82 Å². The summed E-state index contributed by atoms with van der Waals surface area (Å²) in [4.78, 5) is 21.3. The number of nitrogens with one attached hydrogen (secondary N) is 2. The van der Waals surface area contributed by atoms with E-state index in [0.29, 0.717) is 6.54 Å². The van der Waals surface area contributed by atoms with E-state index in [9.17, 15) is 9.18 Å². The van der Waals surface area contributed by atoms with Crippen LogP contribution in [0.2, 0.25) is 0 Å². The van der Waals surface area contributed by atoms with Crippen LogP contribution in [0, 0.1) is 11.7 Å². The molecule has 2 heterocycles. The van der Waals surface area contributed by atoms with Crippen molar-refractivity contribution in [2.75, 3.05) is 33.8 Å². The molecule has 0 saturated carbocycles. The maximum Gasteiger partial charge on any atom is 0.308 e. The molecule has 8 heteroatoms. The fourth-order valence-corrected chi connectivity index (χ4v) is 3.49. The molecule has 2 aromatic rings. The zero-order chi connectivity index (χ0) is 18.5. The molecular weight excluding hydrogens is 462 g/mol. The Kier molecular flexibility index (Phi) is 7.88. The smallest absolute Gasteiger partial charge is 0.308 e. The maximum absolute atomic E-state index is 13.5. The lowest BCUT2D eigenvalue weighted by Gasteiger charge is -2.33. The van der Waals surface area contributed by atoms with Crippen LogP contribution in [-0.2, 0) is 16.0 Å². The number of piperidine rings is 1. The summed E-state index contributed by atoms with van der Waals surface area (Å²) in [5, 5.41) is 4.28. The van der Waals surface area contributed by atoms with E-state index >= 15 is 0 Å². The van der Waals surface area contributed by atoms with E-state index in [-0.39, 0.29) is 41.7 Å². The summed E-state index contributed by atoms with van der Waals surface area (Å²) >= 11 is 0. The van der Waals surface area contributed by atoms with Crippen LogP contribution in [0.15, 0.2) is 29.4 Å². The summed E-state index contributed by atoms with van der Waals surface area (Å²) in [6, 6.07) is 4.78.